The van der Waals surface area contributed by atoms with Crippen LogP contribution in [0.15, 0.2) is 23.4 Å². The van der Waals surface area contributed by atoms with Crippen molar-refractivity contribution in [3.8, 4) is 11.5 Å². The molecule has 0 saturated heterocycles. The van der Waals surface area contributed by atoms with E-state index < -0.39 is 0 Å². The molecular weight excluding hydrogens is 348 g/mol. The summed E-state index contributed by atoms with van der Waals surface area (Å²) in [7, 11) is 0. The predicted molar refractivity (Wildman–Crippen MR) is 101 cm³/mol. The number of hydrogen-bond donors (Lipinski definition) is 0. The molecule has 0 N–H and O–H groups in total. The molecule has 1 aromatic heterocycles. The van der Waals surface area contributed by atoms with Crippen molar-refractivity contribution >= 4 is 17.5 Å². The maximum Gasteiger partial charge on any atom is 0.231 e. The lowest BCUT2D eigenvalue weighted by molar-refractivity contribution is 0.102. The van der Waals surface area contributed by atoms with Crippen LogP contribution in [0.4, 0.5) is 0 Å². The quantitative estimate of drug-likeness (QED) is 0.562. The smallest absolute Gasteiger partial charge is 0.231 e. The number of carbonyl (C=O) groups is 1. The van der Waals surface area contributed by atoms with Gasteiger partial charge in [0, 0.05) is 17.3 Å². The summed E-state index contributed by atoms with van der Waals surface area (Å²) in [5.74, 6) is 1.81. The number of aromatic nitrogens is 2. The molecule has 1 aliphatic carbocycles. The molecule has 1 saturated carbocycles. The third-order valence-corrected chi connectivity index (χ3v) is 6.27. The van der Waals surface area contributed by atoms with Crippen molar-refractivity contribution in [3.05, 3.63) is 35.2 Å². The van der Waals surface area contributed by atoms with Crippen LogP contribution in [0.1, 0.15) is 59.9 Å². The fourth-order valence-electron chi connectivity index (χ4n) is 3.75. The minimum atomic E-state index is 0.0850. The van der Waals surface area contributed by atoms with Gasteiger partial charge in [0.2, 0.25) is 6.79 Å². The third-order valence-electron chi connectivity index (χ3n) is 5.32. The van der Waals surface area contributed by atoms with E-state index in [9.17, 15) is 4.79 Å². The van der Waals surface area contributed by atoms with E-state index in [0.717, 1.165) is 10.9 Å². The van der Waals surface area contributed by atoms with Gasteiger partial charge in [-0.25, -0.2) is 4.98 Å². The highest BCUT2D eigenvalue weighted by Crippen LogP contribution is 2.35. The zero-order valence-corrected chi connectivity index (χ0v) is 16.1. The van der Waals surface area contributed by atoms with Crippen molar-refractivity contribution in [1.82, 2.24) is 9.55 Å². The molecule has 138 valence electrons. The van der Waals surface area contributed by atoms with Gasteiger partial charge in [-0.1, -0.05) is 31.0 Å². The highest BCUT2D eigenvalue weighted by atomic mass is 32.2. The van der Waals surface area contributed by atoms with Gasteiger partial charge in [-0.2, -0.15) is 0 Å². The molecule has 2 heterocycles. The highest BCUT2D eigenvalue weighted by Gasteiger charge is 2.23. The number of imidazole rings is 1. The molecule has 0 bridgehead atoms. The summed E-state index contributed by atoms with van der Waals surface area (Å²) < 4.78 is 13.0. The van der Waals surface area contributed by atoms with E-state index in [1.807, 2.05) is 0 Å². The van der Waals surface area contributed by atoms with Crippen LogP contribution in [-0.2, 0) is 0 Å². The standard InChI is InChI=1S/C20H24N2O3S/c1-13-14(2)22(16-6-4-3-5-7-16)20(21-13)26-11-17(23)15-8-9-18-19(10-15)25-12-24-18/h8-10,16H,3-7,11-12H2,1-2H3. The van der Waals surface area contributed by atoms with Gasteiger partial charge in [-0.05, 0) is 44.9 Å². The second-order valence-electron chi connectivity index (χ2n) is 7.01. The van der Waals surface area contributed by atoms with Crippen LogP contribution >= 0.6 is 11.8 Å². The summed E-state index contributed by atoms with van der Waals surface area (Å²) in [6, 6.07) is 5.90. The molecule has 6 heteroatoms. The van der Waals surface area contributed by atoms with Crippen molar-refractivity contribution in [2.45, 2.75) is 57.1 Å². The Hall–Kier alpha value is -1.95. The number of ether oxygens (including phenoxy) is 2. The topological polar surface area (TPSA) is 53.4 Å². The van der Waals surface area contributed by atoms with Crippen LogP contribution in [0.5, 0.6) is 11.5 Å². The van der Waals surface area contributed by atoms with Crippen LogP contribution in [0.2, 0.25) is 0 Å². The van der Waals surface area contributed by atoms with Crippen LogP contribution in [-0.4, -0.2) is 27.9 Å². The Labute approximate surface area is 158 Å². The minimum absolute atomic E-state index is 0.0850. The van der Waals surface area contributed by atoms with Gasteiger partial charge in [0.1, 0.15) is 0 Å². The van der Waals surface area contributed by atoms with Crippen LogP contribution < -0.4 is 9.47 Å². The minimum Gasteiger partial charge on any atom is -0.454 e. The molecule has 1 aliphatic heterocycles. The summed E-state index contributed by atoms with van der Waals surface area (Å²) in [5.41, 5.74) is 2.95. The first-order valence-electron chi connectivity index (χ1n) is 9.24. The molecule has 2 aliphatic rings. The van der Waals surface area contributed by atoms with Crippen molar-refractivity contribution in [3.63, 3.8) is 0 Å². The van der Waals surface area contributed by atoms with E-state index in [4.69, 9.17) is 14.5 Å². The predicted octanol–water partition coefficient (Wildman–Crippen LogP) is 4.71. The molecule has 4 rings (SSSR count). The average Bonchev–Trinajstić information content (AvgIpc) is 3.24. The number of aryl methyl sites for hydroxylation is 1. The van der Waals surface area contributed by atoms with E-state index in [1.54, 1.807) is 30.0 Å². The number of rotatable bonds is 5. The number of hydrogen-bond acceptors (Lipinski definition) is 5. The number of carbonyl (C=O) groups excluding carboxylic acids is 1. The zero-order valence-electron chi connectivity index (χ0n) is 15.3. The lowest BCUT2D eigenvalue weighted by atomic mass is 9.95. The summed E-state index contributed by atoms with van der Waals surface area (Å²) in [5, 5.41) is 0.973. The fraction of sp³-hybridized carbons (Fsp3) is 0.500. The zero-order chi connectivity index (χ0) is 18.1. The Kier molecular flexibility index (Phi) is 4.94. The van der Waals surface area contributed by atoms with E-state index in [1.165, 1.54) is 37.8 Å². The second kappa shape index (κ2) is 7.35. The normalized spacial score (nSPS) is 16.8. The first-order chi connectivity index (χ1) is 12.6. The van der Waals surface area contributed by atoms with Gasteiger partial charge in [-0.15, -0.1) is 0 Å². The van der Waals surface area contributed by atoms with E-state index in [2.05, 4.69) is 18.4 Å². The maximum atomic E-state index is 12.6. The first kappa shape index (κ1) is 17.5. The Bertz CT molecular complexity index is 825. The molecular formula is C20H24N2O3S. The fourth-order valence-corrected chi connectivity index (χ4v) is 4.80. The van der Waals surface area contributed by atoms with E-state index in [0.29, 0.717) is 28.9 Å². The number of nitrogens with zero attached hydrogens (tertiary/aromatic N) is 2. The molecule has 26 heavy (non-hydrogen) atoms. The molecule has 5 nitrogen and oxygen atoms in total. The summed E-state index contributed by atoms with van der Waals surface area (Å²) in [6.07, 6.45) is 6.30. The van der Waals surface area contributed by atoms with E-state index >= 15 is 0 Å². The van der Waals surface area contributed by atoms with Crippen molar-refractivity contribution in [1.29, 1.82) is 0 Å². The average molecular weight is 372 g/mol. The highest BCUT2D eigenvalue weighted by molar-refractivity contribution is 7.99. The van der Waals surface area contributed by atoms with Gasteiger partial charge >= 0.3 is 0 Å². The largest absolute Gasteiger partial charge is 0.454 e. The molecule has 1 fully saturated rings. The monoisotopic (exact) mass is 372 g/mol. The van der Waals surface area contributed by atoms with Crippen molar-refractivity contribution < 1.29 is 14.3 Å². The Morgan fingerprint density at radius 1 is 1.19 bits per heavy atom. The van der Waals surface area contributed by atoms with Crippen LogP contribution in [0.3, 0.4) is 0 Å². The summed E-state index contributed by atoms with van der Waals surface area (Å²) in [4.78, 5) is 17.4. The van der Waals surface area contributed by atoms with Crippen molar-refractivity contribution in [2.24, 2.45) is 0 Å². The van der Waals surface area contributed by atoms with Gasteiger partial charge in [0.25, 0.3) is 0 Å². The van der Waals surface area contributed by atoms with Gasteiger partial charge in [-0.3, -0.25) is 4.79 Å². The Morgan fingerprint density at radius 3 is 2.77 bits per heavy atom. The molecule has 2 aromatic rings. The van der Waals surface area contributed by atoms with Gasteiger partial charge < -0.3 is 14.0 Å². The number of thioether (sulfide) groups is 1. The van der Waals surface area contributed by atoms with Gasteiger partial charge in [0.15, 0.2) is 22.4 Å². The number of fused-ring (bicyclic) bond motifs is 1. The van der Waals surface area contributed by atoms with E-state index in [-0.39, 0.29) is 12.6 Å². The maximum absolute atomic E-state index is 12.6. The van der Waals surface area contributed by atoms with Gasteiger partial charge in [0.05, 0.1) is 11.4 Å². The Morgan fingerprint density at radius 2 is 1.96 bits per heavy atom. The van der Waals surface area contributed by atoms with Crippen molar-refractivity contribution in [2.75, 3.05) is 12.5 Å². The first-order valence-corrected chi connectivity index (χ1v) is 10.2. The lowest BCUT2D eigenvalue weighted by Gasteiger charge is -2.26. The molecule has 0 amide bonds. The third kappa shape index (κ3) is 3.34. The van der Waals surface area contributed by atoms with Crippen LogP contribution in [0, 0.1) is 13.8 Å². The lowest BCUT2D eigenvalue weighted by Crippen LogP contribution is -2.15. The number of Topliss-reactive ketones (excluding diaryl/α,β-unsaturated/α-hetero) is 1. The second-order valence-corrected chi connectivity index (χ2v) is 7.95. The van der Waals surface area contributed by atoms with Crippen LogP contribution in [0.25, 0.3) is 0 Å². The number of ketones is 1. The molecule has 1 aromatic carbocycles. The summed E-state index contributed by atoms with van der Waals surface area (Å²) in [6.45, 7) is 4.41. The SMILES string of the molecule is Cc1nc(SCC(=O)c2ccc3c(c2)OCO3)n(C2CCCCC2)c1C. The Balaban J connectivity index is 1.49. The molecule has 0 radical (unpaired) electrons. The summed E-state index contributed by atoms with van der Waals surface area (Å²) >= 11 is 1.54. The molecule has 0 atom stereocenters. The number of benzene rings is 1. The molecule has 0 spiro atoms. The molecule has 0 unspecified atom stereocenters.